The molecule has 0 saturated carbocycles. The summed E-state index contributed by atoms with van der Waals surface area (Å²) < 4.78 is 4.91. The van der Waals surface area contributed by atoms with E-state index in [1.54, 1.807) is 18.3 Å². The first kappa shape index (κ1) is 12.2. The third kappa shape index (κ3) is 2.68. The van der Waals surface area contributed by atoms with E-state index in [1.165, 1.54) is 0 Å². The van der Waals surface area contributed by atoms with Crippen molar-refractivity contribution in [3.05, 3.63) is 47.3 Å². The molecule has 1 amide bonds. The summed E-state index contributed by atoms with van der Waals surface area (Å²) in [5.41, 5.74) is 2.68. The number of hydrogen-bond donors (Lipinski definition) is 2. The molecule has 0 unspecified atom stereocenters. The van der Waals surface area contributed by atoms with Gasteiger partial charge in [-0.1, -0.05) is 5.16 Å². The Kier molecular flexibility index (Phi) is 3.62. The van der Waals surface area contributed by atoms with E-state index in [0.717, 1.165) is 11.3 Å². The lowest BCUT2D eigenvalue weighted by Gasteiger charge is -2.08. The average Bonchev–Trinajstić information content (AvgIpc) is 2.89. The van der Waals surface area contributed by atoms with E-state index >= 15 is 0 Å². The summed E-state index contributed by atoms with van der Waals surface area (Å²) in [5, 5.41) is 9.41. The smallest absolute Gasteiger partial charge is 0.251 e. The number of carbonyl (C=O) groups excluding carboxylic acids is 1. The highest BCUT2D eigenvalue weighted by molar-refractivity contribution is 5.94. The van der Waals surface area contributed by atoms with Crippen molar-refractivity contribution in [2.45, 2.75) is 13.5 Å². The van der Waals surface area contributed by atoms with Gasteiger partial charge in [-0.05, 0) is 30.7 Å². The van der Waals surface area contributed by atoms with Crippen molar-refractivity contribution in [1.82, 2.24) is 10.5 Å². The van der Waals surface area contributed by atoms with Gasteiger partial charge in [0.1, 0.15) is 0 Å². The van der Waals surface area contributed by atoms with Gasteiger partial charge in [0.15, 0.2) is 5.76 Å². The van der Waals surface area contributed by atoms with Crippen LogP contribution >= 0.6 is 0 Å². The fraction of sp³-hybridized carbons (Fsp3) is 0.231. The van der Waals surface area contributed by atoms with Crippen molar-refractivity contribution in [3.63, 3.8) is 0 Å². The highest BCUT2D eigenvalue weighted by Gasteiger charge is 2.08. The maximum absolute atomic E-state index is 11.9. The van der Waals surface area contributed by atoms with Gasteiger partial charge in [-0.3, -0.25) is 4.79 Å². The van der Waals surface area contributed by atoms with Crippen molar-refractivity contribution >= 4 is 11.6 Å². The minimum absolute atomic E-state index is 0.128. The predicted octanol–water partition coefficient (Wildman–Crippen LogP) is 1.95. The van der Waals surface area contributed by atoms with Crippen LogP contribution in [0.2, 0.25) is 0 Å². The van der Waals surface area contributed by atoms with Crippen LogP contribution in [0.25, 0.3) is 0 Å². The molecule has 94 valence electrons. The van der Waals surface area contributed by atoms with Gasteiger partial charge >= 0.3 is 0 Å². The molecule has 2 aromatic rings. The number of hydrogen-bond acceptors (Lipinski definition) is 4. The second-order valence-corrected chi connectivity index (χ2v) is 3.94. The fourth-order valence-corrected chi connectivity index (χ4v) is 1.69. The SMILES string of the molecule is CNc1ccc(C(=O)NCc2ccno2)cc1C. The molecule has 18 heavy (non-hydrogen) atoms. The van der Waals surface area contributed by atoms with E-state index in [0.29, 0.717) is 17.9 Å². The number of amides is 1. The standard InChI is InChI=1S/C13H15N3O2/c1-9-7-10(3-4-12(9)14-2)13(17)15-8-11-5-6-16-18-11/h3-7,14H,8H2,1-2H3,(H,15,17). The zero-order chi connectivity index (χ0) is 13.0. The zero-order valence-corrected chi connectivity index (χ0v) is 10.4. The molecule has 0 aliphatic carbocycles. The van der Waals surface area contributed by atoms with E-state index in [-0.39, 0.29) is 5.91 Å². The molecular formula is C13H15N3O2. The van der Waals surface area contributed by atoms with Crippen LogP contribution < -0.4 is 10.6 Å². The Balaban J connectivity index is 2.02. The molecular weight excluding hydrogens is 230 g/mol. The van der Waals surface area contributed by atoms with Gasteiger partial charge in [0.25, 0.3) is 5.91 Å². The number of benzene rings is 1. The normalized spacial score (nSPS) is 10.1. The summed E-state index contributed by atoms with van der Waals surface area (Å²) in [6.07, 6.45) is 1.55. The number of aryl methyl sites for hydroxylation is 1. The molecule has 1 heterocycles. The minimum atomic E-state index is -0.128. The van der Waals surface area contributed by atoms with Gasteiger partial charge < -0.3 is 15.2 Å². The summed E-state index contributed by atoms with van der Waals surface area (Å²) in [4.78, 5) is 11.9. The van der Waals surface area contributed by atoms with E-state index < -0.39 is 0 Å². The molecule has 0 spiro atoms. The van der Waals surface area contributed by atoms with Crippen LogP contribution in [0.5, 0.6) is 0 Å². The van der Waals surface area contributed by atoms with Crippen LogP contribution in [-0.4, -0.2) is 18.1 Å². The highest BCUT2D eigenvalue weighted by atomic mass is 16.5. The molecule has 0 fully saturated rings. The first-order valence-corrected chi connectivity index (χ1v) is 5.67. The van der Waals surface area contributed by atoms with Gasteiger partial charge in [-0.25, -0.2) is 0 Å². The summed E-state index contributed by atoms with van der Waals surface area (Å²) >= 11 is 0. The third-order valence-corrected chi connectivity index (χ3v) is 2.67. The largest absolute Gasteiger partial charge is 0.388 e. The summed E-state index contributed by atoms with van der Waals surface area (Å²) in [6.45, 7) is 2.30. The maximum Gasteiger partial charge on any atom is 0.251 e. The van der Waals surface area contributed by atoms with Crippen LogP contribution in [0.15, 0.2) is 35.0 Å². The minimum Gasteiger partial charge on any atom is -0.388 e. The second-order valence-electron chi connectivity index (χ2n) is 3.94. The maximum atomic E-state index is 11.9. The summed E-state index contributed by atoms with van der Waals surface area (Å²) in [6, 6.07) is 7.24. The van der Waals surface area contributed by atoms with Gasteiger partial charge in [-0.15, -0.1) is 0 Å². The summed E-state index contributed by atoms with van der Waals surface area (Å²) in [5.74, 6) is 0.504. The molecule has 1 aromatic heterocycles. The number of anilines is 1. The van der Waals surface area contributed by atoms with Crippen LogP contribution in [0, 0.1) is 6.92 Å². The Morgan fingerprint density at radius 1 is 1.39 bits per heavy atom. The van der Waals surface area contributed by atoms with Crippen molar-refractivity contribution in [2.24, 2.45) is 0 Å². The Bertz CT molecular complexity index is 535. The van der Waals surface area contributed by atoms with E-state index in [4.69, 9.17) is 4.52 Å². The summed E-state index contributed by atoms with van der Waals surface area (Å²) in [7, 11) is 1.85. The Morgan fingerprint density at radius 3 is 2.83 bits per heavy atom. The lowest BCUT2D eigenvalue weighted by Crippen LogP contribution is -2.22. The van der Waals surface area contributed by atoms with Crippen molar-refractivity contribution in [3.8, 4) is 0 Å². The molecule has 0 saturated heterocycles. The Labute approximate surface area is 105 Å². The van der Waals surface area contributed by atoms with Crippen LogP contribution in [0.3, 0.4) is 0 Å². The first-order valence-electron chi connectivity index (χ1n) is 5.67. The van der Waals surface area contributed by atoms with Crippen LogP contribution in [0.4, 0.5) is 5.69 Å². The van der Waals surface area contributed by atoms with Crippen molar-refractivity contribution in [2.75, 3.05) is 12.4 Å². The quantitative estimate of drug-likeness (QED) is 0.864. The molecule has 0 radical (unpaired) electrons. The number of rotatable bonds is 4. The molecule has 2 N–H and O–H groups in total. The number of carbonyl (C=O) groups is 1. The van der Waals surface area contributed by atoms with E-state index in [2.05, 4.69) is 15.8 Å². The second kappa shape index (κ2) is 5.35. The molecule has 0 aliphatic heterocycles. The molecule has 2 rings (SSSR count). The lowest BCUT2D eigenvalue weighted by atomic mass is 10.1. The average molecular weight is 245 g/mol. The molecule has 0 bridgehead atoms. The van der Waals surface area contributed by atoms with E-state index in [9.17, 15) is 4.79 Å². The predicted molar refractivity (Wildman–Crippen MR) is 68.4 cm³/mol. The monoisotopic (exact) mass is 245 g/mol. The van der Waals surface area contributed by atoms with Gasteiger partial charge in [-0.2, -0.15) is 0 Å². The van der Waals surface area contributed by atoms with Crippen molar-refractivity contribution in [1.29, 1.82) is 0 Å². The highest BCUT2D eigenvalue weighted by Crippen LogP contribution is 2.15. The van der Waals surface area contributed by atoms with Crippen molar-refractivity contribution < 1.29 is 9.32 Å². The molecule has 5 nitrogen and oxygen atoms in total. The topological polar surface area (TPSA) is 67.2 Å². The number of aromatic nitrogens is 1. The lowest BCUT2D eigenvalue weighted by molar-refractivity contribution is 0.0947. The number of nitrogens with zero attached hydrogens (tertiary/aromatic N) is 1. The molecule has 1 aromatic carbocycles. The first-order chi connectivity index (χ1) is 8.70. The fourth-order valence-electron chi connectivity index (χ4n) is 1.69. The number of nitrogens with one attached hydrogen (secondary N) is 2. The Hall–Kier alpha value is -2.30. The van der Waals surface area contributed by atoms with Crippen LogP contribution in [-0.2, 0) is 6.54 Å². The Morgan fingerprint density at radius 2 is 2.22 bits per heavy atom. The van der Waals surface area contributed by atoms with Gasteiger partial charge in [0.05, 0.1) is 12.7 Å². The van der Waals surface area contributed by atoms with E-state index in [1.807, 2.05) is 26.1 Å². The zero-order valence-electron chi connectivity index (χ0n) is 10.4. The van der Waals surface area contributed by atoms with Crippen LogP contribution in [0.1, 0.15) is 21.7 Å². The molecule has 0 aliphatic rings. The van der Waals surface area contributed by atoms with Gasteiger partial charge in [0.2, 0.25) is 0 Å². The van der Waals surface area contributed by atoms with Gasteiger partial charge in [0, 0.05) is 24.4 Å². The molecule has 5 heteroatoms. The molecule has 0 atom stereocenters. The third-order valence-electron chi connectivity index (χ3n) is 2.67.